The molecule has 0 fully saturated rings. The van der Waals surface area contributed by atoms with Crippen LogP contribution in [-0.2, 0) is 16.1 Å². The number of ether oxygens (including phenoxy) is 2. The van der Waals surface area contributed by atoms with E-state index in [2.05, 4.69) is 5.32 Å². The van der Waals surface area contributed by atoms with Gasteiger partial charge in [-0.2, -0.15) is 0 Å². The second kappa shape index (κ2) is 11.8. The van der Waals surface area contributed by atoms with E-state index < -0.39 is 6.04 Å². The Kier molecular flexibility index (Phi) is 9.46. The van der Waals surface area contributed by atoms with Crippen LogP contribution in [0.5, 0.6) is 11.5 Å². The summed E-state index contributed by atoms with van der Waals surface area (Å²) in [6.07, 6.45) is 0.784. The Morgan fingerprint density at radius 2 is 1.77 bits per heavy atom. The van der Waals surface area contributed by atoms with Crippen LogP contribution < -0.4 is 14.8 Å². The fourth-order valence-corrected chi connectivity index (χ4v) is 3.31. The molecule has 2 aromatic rings. The molecule has 168 valence electrons. The summed E-state index contributed by atoms with van der Waals surface area (Å²) >= 11 is 12.3. The third kappa shape index (κ3) is 7.04. The van der Waals surface area contributed by atoms with Crippen molar-refractivity contribution in [3.63, 3.8) is 0 Å². The number of carbonyl (C=O) groups is 2. The molecule has 0 aliphatic carbocycles. The number of amides is 2. The molecule has 0 heterocycles. The van der Waals surface area contributed by atoms with Gasteiger partial charge in [0.1, 0.15) is 6.04 Å². The van der Waals surface area contributed by atoms with Gasteiger partial charge in [-0.15, -0.1) is 0 Å². The lowest BCUT2D eigenvalue weighted by Crippen LogP contribution is -2.50. The van der Waals surface area contributed by atoms with Gasteiger partial charge in [-0.1, -0.05) is 48.3 Å². The fourth-order valence-electron chi connectivity index (χ4n) is 2.84. The van der Waals surface area contributed by atoms with E-state index in [-0.39, 0.29) is 31.0 Å². The minimum absolute atomic E-state index is 0.00384. The zero-order valence-electron chi connectivity index (χ0n) is 18.2. The maximum Gasteiger partial charge on any atom is 0.261 e. The highest BCUT2D eigenvalue weighted by Gasteiger charge is 2.28. The summed E-state index contributed by atoms with van der Waals surface area (Å²) in [7, 11) is 1.53. The van der Waals surface area contributed by atoms with Crippen molar-refractivity contribution < 1.29 is 19.1 Å². The molecule has 2 aromatic carbocycles. The number of hydrogen-bond acceptors (Lipinski definition) is 4. The molecule has 0 unspecified atom stereocenters. The molecule has 1 N–H and O–H groups in total. The van der Waals surface area contributed by atoms with Gasteiger partial charge in [-0.25, -0.2) is 0 Å². The van der Waals surface area contributed by atoms with Crippen molar-refractivity contribution in [3.8, 4) is 11.5 Å². The van der Waals surface area contributed by atoms with Crippen molar-refractivity contribution in [2.24, 2.45) is 0 Å². The quantitative estimate of drug-likeness (QED) is 0.550. The van der Waals surface area contributed by atoms with Crippen LogP contribution in [0.15, 0.2) is 42.5 Å². The van der Waals surface area contributed by atoms with E-state index >= 15 is 0 Å². The smallest absolute Gasteiger partial charge is 0.261 e. The summed E-state index contributed by atoms with van der Waals surface area (Å²) in [6, 6.07) is 11.4. The SMILES string of the molecule is CC[C@@H](C)NC(=O)[C@@H](C)N(Cc1ccc(Cl)cc1Cl)C(=O)COc1ccccc1OC. The van der Waals surface area contributed by atoms with Crippen LogP contribution in [-0.4, -0.2) is 42.5 Å². The maximum atomic E-state index is 13.1. The van der Waals surface area contributed by atoms with Crippen molar-refractivity contribution in [2.45, 2.75) is 45.8 Å². The van der Waals surface area contributed by atoms with Gasteiger partial charge >= 0.3 is 0 Å². The van der Waals surface area contributed by atoms with E-state index in [1.54, 1.807) is 43.3 Å². The topological polar surface area (TPSA) is 67.9 Å². The number of methoxy groups -OCH3 is 1. The monoisotopic (exact) mass is 466 g/mol. The molecule has 2 amide bonds. The molecular weight excluding hydrogens is 439 g/mol. The second-order valence-electron chi connectivity index (χ2n) is 7.19. The lowest BCUT2D eigenvalue weighted by molar-refractivity contribution is -0.142. The van der Waals surface area contributed by atoms with Crippen LogP contribution in [0.2, 0.25) is 10.0 Å². The van der Waals surface area contributed by atoms with Crippen LogP contribution in [0.4, 0.5) is 0 Å². The maximum absolute atomic E-state index is 13.1. The largest absolute Gasteiger partial charge is 0.493 e. The molecule has 31 heavy (non-hydrogen) atoms. The number of para-hydroxylation sites is 2. The van der Waals surface area contributed by atoms with Crippen molar-refractivity contribution >= 4 is 35.0 Å². The summed E-state index contributed by atoms with van der Waals surface area (Å²) in [5.74, 6) is 0.360. The van der Waals surface area contributed by atoms with Crippen LogP contribution in [0.25, 0.3) is 0 Å². The molecule has 8 heteroatoms. The Morgan fingerprint density at radius 1 is 1.10 bits per heavy atom. The van der Waals surface area contributed by atoms with Crippen LogP contribution in [0.3, 0.4) is 0 Å². The molecule has 0 aliphatic rings. The molecule has 0 aliphatic heterocycles. The predicted molar refractivity (Wildman–Crippen MR) is 123 cm³/mol. The molecule has 0 radical (unpaired) electrons. The summed E-state index contributed by atoms with van der Waals surface area (Å²) in [5.41, 5.74) is 0.680. The Labute approximate surface area is 193 Å². The van der Waals surface area contributed by atoms with Gasteiger partial charge in [0.2, 0.25) is 5.91 Å². The Hall–Kier alpha value is -2.44. The molecule has 0 bridgehead atoms. The van der Waals surface area contributed by atoms with Crippen molar-refractivity contribution in [3.05, 3.63) is 58.1 Å². The van der Waals surface area contributed by atoms with Gasteiger partial charge in [0.25, 0.3) is 5.91 Å². The van der Waals surface area contributed by atoms with E-state index in [9.17, 15) is 9.59 Å². The third-order valence-electron chi connectivity index (χ3n) is 4.94. The van der Waals surface area contributed by atoms with Gasteiger partial charge in [0.05, 0.1) is 7.11 Å². The molecule has 6 nitrogen and oxygen atoms in total. The van der Waals surface area contributed by atoms with E-state index in [4.69, 9.17) is 32.7 Å². The van der Waals surface area contributed by atoms with Gasteiger partial charge in [-0.05, 0) is 50.1 Å². The highest BCUT2D eigenvalue weighted by molar-refractivity contribution is 6.35. The van der Waals surface area contributed by atoms with Crippen LogP contribution >= 0.6 is 23.2 Å². The first kappa shape index (κ1) is 24.8. The lowest BCUT2D eigenvalue weighted by atomic mass is 10.1. The summed E-state index contributed by atoms with van der Waals surface area (Å²) in [6.45, 7) is 5.46. The van der Waals surface area contributed by atoms with E-state index in [1.807, 2.05) is 19.9 Å². The van der Waals surface area contributed by atoms with Crippen molar-refractivity contribution in [1.29, 1.82) is 0 Å². The molecule has 0 saturated carbocycles. The first-order valence-corrected chi connectivity index (χ1v) is 10.8. The van der Waals surface area contributed by atoms with Crippen LogP contribution in [0, 0.1) is 0 Å². The number of halogens is 2. The third-order valence-corrected chi connectivity index (χ3v) is 5.53. The van der Waals surface area contributed by atoms with Crippen molar-refractivity contribution in [2.75, 3.05) is 13.7 Å². The molecule has 0 spiro atoms. The number of hydrogen-bond donors (Lipinski definition) is 1. The Balaban J connectivity index is 2.22. The van der Waals surface area contributed by atoms with Gasteiger partial charge in [0.15, 0.2) is 18.1 Å². The summed E-state index contributed by atoms with van der Waals surface area (Å²) in [5, 5.41) is 3.83. The van der Waals surface area contributed by atoms with Gasteiger partial charge < -0.3 is 19.7 Å². The highest BCUT2D eigenvalue weighted by atomic mass is 35.5. The van der Waals surface area contributed by atoms with E-state index in [1.165, 1.54) is 12.0 Å². The number of nitrogens with one attached hydrogen (secondary N) is 1. The highest BCUT2D eigenvalue weighted by Crippen LogP contribution is 2.26. The number of carbonyl (C=O) groups excluding carboxylic acids is 2. The predicted octanol–water partition coefficient (Wildman–Crippen LogP) is 4.71. The Bertz CT molecular complexity index is 907. The standard InChI is InChI=1S/C23H28Cl2N2O4/c1-5-15(2)26-23(29)16(3)27(13-17-10-11-18(24)12-19(17)25)22(28)14-31-21-9-7-6-8-20(21)30-4/h6-12,15-16H,5,13-14H2,1-4H3,(H,26,29)/t15-,16-/m1/s1. The zero-order valence-corrected chi connectivity index (χ0v) is 19.7. The molecule has 0 saturated heterocycles. The average molecular weight is 467 g/mol. The van der Waals surface area contributed by atoms with E-state index in [0.29, 0.717) is 27.1 Å². The first-order chi connectivity index (χ1) is 14.8. The molecular formula is C23H28Cl2N2O4. The van der Waals surface area contributed by atoms with Gasteiger partial charge in [0, 0.05) is 22.6 Å². The second-order valence-corrected chi connectivity index (χ2v) is 8.03. The normalized spacial score (nSPS) is 12.6. The number of rotatable bonds is 10. The number of nitrogens with zero attached hydrogens (tertiary/aromatic N) is 1. The van der Waals surface area contributed by atoms with E-state index in [0.717, 1.165) is 6.42 Å². The summed E-state index contributed by atoms with van der Waals surface area (Å²) in [4.78, 5) is 27.3. The van der Waals surface area contributed by atoms with Gasteiger partial charge in [-0.3, -0.25) is 9.59 Å². The zero-order chi connectivity index (χ0) is 23.0. The Morgan fingerprint density at radius 3 is 2.39 bits per heavy atom. The lowest BCUT2D eigenvalue weighted by Gasteiger charge is -2.30. The average Bonchev–Trinajstić information content (AvgIpc) is 2.76. The fraction of sp³-hybridized carbons (Fsp3) is 0.391. The minimum atomic E-state index is -0.727. The number of benzene rings is 2. The summed E-state index contributed by atoms with van der Waals surface area (Å²) < 4.78 is 10.9. The molecule has 2 rings (SSSR count). The minimum Gasteiger partial charge on any atom is -0.493 e. The molecule has 2 atom stereocenters. The van der Waals surface area contributed by atoms with Crippen molar-refractivity contribution in [1.82, 2.24) is 10.2 Å². The molecule has 0 aromatic heterocycles. The van der Waals surface area contributed by atoms with Crippen LogP contribution in [0.1, 0.15) is 32.8 Å². The first-order valence-electron chi connectivity index (χ1n) is 10.1.